The second-order valence-corrected chi connectivity index (χ2v) is 5.09. The van der Waals surface area contributed by atoms with Gasteiger partial charge in [0.25, 0.3) is 0 Å². The van der Waals surface area contributed by atoms with Crippen molar-refractivity contribution in [3.8, 4) is 5.69 Å². The van der Waals surface area contributed by atoms with E-state index in [-0.39, 0.29) is 5.91 Å². The summed E-state index contributed by atoms with van der Waals surface area (Å²) in [4.78, 5) is 11.9. The van der Waals surface area contributed by atoms with E-state index in [4.69, 9.17) is 0 Å². The van der Waals surface area contributed by atoms with Crippen LogP contribution in [0, 0.1) is 0 Å². The molecule has 0 fully saturated rings. The van der Waals surface area contributed by atoms with Gasteiger partial charge in [-0.3, -0.25) is 4.79 Å². The molecule has 1 heterocycles. The molecule has 3 aromatic rings. The number of nitrogens with one attached hydrogen (secondary N) is 1. The molecule has 1 aromatic heterocycles. The highest BCUT2D eigenvalue weighted by atomic mass is 16.2. The Morgan fingerprint density at radius 1 is 0.957 bits per heavy atom. The monoisotopic (exact) mass is 303 g/mol. The first kappa shape index (κ1) is 14.8. The fourth-order valence-corrected chi connectivity index (χ4v) is 2.31. The van der Waals surface area contributed by atoms with Gasteiger partial charge in [0.2, 0.25) is 5.91 Å². The number of carbonyl (C=O) groups excluding carboxylic acids is 1. The molecule has 0 aliphatic rings. The van der Waals surface area contributed by atoms with Gasteiger partial charge in [-0.1, -0.05) is 48.5 Å². The average Bonchev–Trinajstić information content (AvgIpc) is 3.05. The SMILES string of the molecule is O=C(Cc1ccccc1)N/N=C\c1cccn1-c1ccccc1. The molecule has 0 radical (unpaired) electrons. The van der Waals surface area contributed by atoms with Gasteiger partial charge in [-0.25, -0.2) is 5.43 Å². The van der Waals surface area contributed by atoms with Gasteiger partial charge in [0.05, 0.1) is 18.3 Å². The van der Waals surface area contributed by atoms with Crippen LogP contribution in [0.3, 0.4) is 0 Å². The molecule has 0 aliphatic heterocycles. The minimum Gasteiger partial charge on any atom is -0.316 e. The van der Waals surface area contributed by atoms with Crippen LogP contribution in [0.1, 0.15) is 11.3 Å². The summed E-state index contributed by atoms with van der Waals surface area (Å²) in [5.74, 6) is -0.134. The fraction of sp³-hybridized carbons (Fsp3) is 0.0526. The molecule has 3 rings (SSSR count). The molecule has 0 atom stereocenters. The number of carbonyl (C=O) groups is 1. The highest BCUT2D eigenvalue weighted by molar-refractivity contribution is 5.82. The highest BCUT2D eigenvalue weighted by Gasteiger charge is 2.02. The minimum absolute atomic E-state index is 0.134. The molecule has 23 heavy (non-hydrogen) atoms. The van der Waals surface area contributed by atoms with E-state index in [9.17, 15) is 4.79 Å². The Labute approximate surface area is 135 Å². The second kappa shape index (κ2) is 7.22. The third-order valence-corrected chi connectivity index (χ3v) is 3.41. The predicted molar refractivity (Wildman–Crippen MR) is 91.7 cm³/mol. The van der Waals surface area contributed by atoms with Gasteiger partial charge in [0, 0.05) is 11.9 Å². The maximum absolute atomic E-state index is 11.9. The summed E-state index contributed by atoms with van der Waals surface area (Å²) < 4.78 is 2.01. The van der Waals surface area contributed by atoms with Crippen molar-refractivity contribution in [1.82, 2.24) is 9.99 Å². The first-order valence-corrected chi connectivity index (χ1v) is 7.41. The van der Waals surface area contributed by atoms with Crippen molar-refractivity contribution in [2.75, 3.05) is 0 Å². The quantitative estimate of drug-likeness (QED) is 0.571. The molecular weight excluding hydrogens is 286 g/mol. The normalized spacial score (nSPS) is 10.8. The Hall–Kier alpha value is -3.14. The van der Waals surface area contributed by atoms with Crippen LogP contribution in [0.15, 0.2) is 84.1 Å². The van der Waals surface area contributed by atoms with E-state index in [1.807, 2.05) is 83.6 Å². The summed E-state index contributed by atoms with van der Waals surface area (Å²) in [6.45, 7) is 0. The number of para-hydroxylation sites is 1. The number of hydrogen-bond acceptors (Lipinski definition) is 2. The van der Waals surface area contributed by atoms with Crippen LogP contribution in [-0.4, -0.2) is 16.7 Å². The molecule has 1 N–H and O–H groups in total. The topological polar surface area (TPSA) is 46.4 Å². The number of hydrazone groups is 1. The smallest absolute Gasteiger partial charge is 0.244 e. The fourth-order valence-electron chi connectivity index (χ4n) is 2.31. The summed E-state index contributed by atoms with van der Waals surface area (Å²) in [7, 11) is 0. The van der Waals surface area contributed by atoms with E-state index >= 15 is 0 Å². The maximum Gasteiger partial charge on any atom is 0.244 e. The zero-order valence-electron chi connectivity index (χ0n) is 12.6. The van der Waals surface area contributed by atoms with Crippen LogP contribution in [0.5, 0.6) is 0 Å². The second-order valence-electron chi connectivity index (χ2n) is 5.09. The van der Waals surface area contributed by atoms with E-state index in [2.05, 4.69) is 10.5 Å². The Bertz CT molecular complexity index is 792. The Balaban J connectivity index is 1.63. The van der Waals surface area contributed by atoms with E-state index in [1.165, 1.54) is 0 Å². The lowest BCUT2D eigenvalue weighted by Gasteiger charge is -2.05. The summed E-state index contributed by atoms with van der Waals surface area (Å²) in [5, 5.41) is 4.05. The summed E-state index contributed by atoms with van der Waals surface area (Å²) in [6.07, 6.45) is 3.93. The molecular formula is C19H17N3O. The predicted octanol–water partition coefficient (Wildman–Crippen LogP) is 3.17. The number of hydrogen-bond donors (Lipinski definition) is 1. The molecule has 114 valence electrons. The van der Waals surface area contributed by atoms with Gasteiger partial charge in [0.15, 0.2) is 0 Å². The van der Waals surface area contributed by atoms with E-state index in [0.717, 1.165) is 16.9 Å². The van der Waals surface area contributed by atoms with Crippen LogP contribution >= 0.6 is 0 Å². The lowest BCUT2D eigenvalue weighted by molar-refractivity contribution is -0.120. The number of rotatable bonds is 5. The van der Waals surface area contributed by atoms with E-state index < -0.39 is 0 Å². The first-order chi connectivity index (χ1) is 11.3. The van der Waals surface area contributed by atoms with Crippen LogP contribution < -0.4 is 5.43 Å². The lowest BCUT2D eigenvalue weighted by atomic mass is 10.1. The van der Waals surface area contributed by atoms with Crippen molar-refractivity contribution in [2.45, 2.75) is 6.42 Å². The summed E-state index contributed by atoms with van der Waals surface area (Å²) in [6, 6.07) is 23.5. The Morgan fingerprint density at radius 3 is 2.39 bits per heavy atom. The zero-order chi connectivity index (χ0) is 15.9. The molecule has 2 aromatic carbocycles. The van der Waals surface area contributed by atoms with Crippen LogP contribution in [0.4, 0.5) is 0 Å². The third-order valence-electron chi connectivity index (χ3n) is 3.41. The van der Waals surface area contributed by atoms with Crippen LogP contribution in [0.2, 0.25) is 0 Å². The lowest BCUT2D eigenvalue weighted by Crippen LogP contribution is -2.19. The molecule has 0 aliphatic carbocycles. The Morgan fingerprint density at radius 2 is 1.65 bits per heavy atom. The highest BCUT2D eigenvalue weighted by Crippen LogP contribution is 2.10. The van der Waals surface area contributed by atoms with Gasteiger partial charge < -0.3 is 4.57 Å². The van der Waals surface area contributed by atoms with Crippen molar-refractivity contribution in [2.24, 2.45) is 5.10 Å². The summed E-state index contributed by atoms with van der Waals surface area (Å²) >= 11 is 0. The van der Waals surface area contributed by atoms with Crippen molar-refractivity contribution in [1.29, 1.82) is 0 Å². The van der Waals surface area contributed by atoms with Gasteiger partial charge in [-0.05, 0) is 29.8 Å². The van der Waals surface area contributed by atoms with Gasteiger partial charge in [-0.2, -0.15) is 5.10 Å². The van der Waals surface area contributed by atoms with Crippen molar-refractivity contribution in [3.05, 3.63) is 90.3 Å². The molecule has 1 amide bonds. The molecule has 4 heteroatoms. The summed E-state index contributed by atoms with van der Waals surface area (Å²) in [5.41, 5.74) is 5.48. The maximum atomic E-state index is 11.9. The standard InChI is InChI=1S/C19H17N3O/c23-19(14-16-8-3-1-4-9-16)21-20-15-18-12-7-13-22(18)17-10-5-2-6-11-17/h1-13,15H,14H2,(H,21,23)/b20-15-. The first-order valence-electron chi connectivity index (χ1n) is 7.41. The number of benzene rings is 2. The van der Waals surface area contributed by atoms with Crippen LogP contribution in [0.25, 0.3) is 5.69 Å². The number of aromatic nitrogens is 1. The third kappa shape index (κ3) is 3.95. The van der Waals surface area contributed by atoms with Crippen molar-refractivity contribution >= 4 is 12.1 Å². The van der Waals surface area contributed by atoms with Gasteiger partial charge in [-0.15, -0.1) is 0 Å². The molecule has 4 nitrogen and oxygen atoms in total. The van der Waals surface area contributed by atoms with E-state index in [1.54, 1.807) is 6.21 Å². The molecule has 0 saturated heterocycles. The zero-order valence-corrected chi connectivity index (χ0v) is 12.6. The Kier molecular flexibility index (Phi) is 4.64. The number of nitrogens with zero attached hydrogens (tertiary/aromatic N) is 2. The molecule has 0 unspecified atom stereocenters. The number of amides is 1. The molecule has 0 bridgehead atoms. The van der Waals surface area contributed by atoms with Crippen LogP contribution in [-0.2, 0) is 11.2 Å². The minimum atomic E-state index is -0.134. The average molecular weight is 303 g/mol. The van der Waals surface area contributed by atoms with Crippen molar-refractivity contribution in [3.63, 3.8) is 0 Å². The molecule has 0 saturated carbocycles. The largest absolute Gasteiger partial charge is 0.316 e. The van der Waals surface area contributed by atoms with Gasteiger partial charge >= 0.3 is 0 Å². The molecule has 0 spiro atoms. The van der Waals surface area contributed by atoms with Crippen molar-refractivity contribution < 1.29 is 4.79 Å². The van der Waals surface area contributed by atoms with Gasteiger partial charge in [0.1, 0.15) is 0 Å². The van der Waals surface area contributed by atoms with E-state index in [0.29, 0.717) is 6.42 Å².